The van der Waals surface area contributed by atoms with Gasteiger partial charge in [-0.3, -0.25) is 14.6 Å². The monoisotopic (exact) mass is 306 g/mol. The van der Waals surface area contributed by atoms with Gasteiger partial charge in [-0.25, -0.2) is 4.79 Å². The summed E-state index contributed by atoms with van der Waals surface area (Å²) in [5, 5.41) is 2.99. The van der Waals surface area contributed by atoms with E-state index in [0.29, 0.717) is 5.52 Å². The van der Waals surface area contributed by atoms with E-state index < -0.39 is 16.8 Å². The molecule has 0 radical (unpaired) electrons. The van der Waals surface area contributed by atoms with Crippen molar-refractivity contribution in [1.82, 2.24) is 19.9 Å². The molecule has 0 aromatic carbocycles. The average molecular weight is 306 g/mol. The molecule has 7 nitrogen and oxygen atoms in total. The number of H-pyrrole nitrogens is 2. The van der Waals surface area contributed by atoms with Gasteiger partial charge in [0, 0.05) is 11.7 Å². The SMILES string of the molecule is CC(C)(C)C(C)(C)NC(=O)Cn1ccc2[nH]c(=O)[nH]c(=O)c21. The maximum atomic E-state index is 12.3. The van der Waals surface area contributed by atoms with Crippen molar-refractivity contribution in [2.24, 2.45) is 5.41 Å². The lowest BCUT2D eigenvalue weighted by Crippen LogP contribution is -2.53. The first-order valence-corrected chi connectivity index (χ1v) is 7.14. The van der Waals surface area contributed by atoms with Crippen molar-refractivity contribution in [3.63, 3.8) is 0 Å². The minimum atomic E-state index is -0.562. The van der Waals surface area contributed by atoms with Crippen LogP contribution in [0.5, 0.6) is 0 Å². The lowest BCUT2D eigenvalue weighted by Gasteiger charge is -2.39. The van der Waals surface area contributed by atoms with E-state index >= 15 is 0 Å². The molecule has 2 heterocycles. The smallest absolute Gasteiger partial charge is 0.326 e. The van der Waals surface area contributed by atoms with Crippen LogP contribution in [0.4, 0.5) is 0 Å². The molecular formula is C15H22N4O3. The molecule has 0 saturated heterocycles. The van der Waals surface area contributed by atoms with Gasteiger partial charge in [0.1, 0.15) is 12.1 Å². The normalized spacial score (nSPS) is 12.6. The van der Waals surface area contributed by atoms with Gasteiger partial charge in [-0.15, -0.1) is 0 Å². The second kappa shape index (κ2) is 5.15. The quantitative estimate of drug-likeness (QED) is 0.787. The summed E-state index contributed by atoms with van der Waals surface area (Å²) in [6, 6.07) is 1.61. The fourth-order valence-corrected chi connectivity index (χ4v) is 2.00. The topological polar surface area (TPSA) is 99.8 Å². The van der Waals surface area contributed by atoms with Crippen LogP contribution in [-0.4, -0.2) is 26.0 Å². The Labute approximate surface area is 127 Å². The summed E-state index contributed by atoms with van der Waals surface area (Å²) >= 11 is 0. The Morgan fingerprint density at radius 2 is 1.82 bits per heavy atom. The minimum absolute atomic E-state index is 0.0120. The predicted octanol–water partition coefficient (Wildman–Crippen LogP) is 0.959. The second-order valence-electron chi connectivity index (χ2n) is 7.04. The number of carbonyl (C=O) groups is 1. The Kier molecular flexibility index (Phi) is 3.76. The largest absolute Gasteiger partial charge is 0.349 e. The number of aromatic amines is 2. The number of nitrogens with one attached hydrogen (secondary N) is 3. The van der Waals surface area contributed by atoms with Gasteiger partial charge in [-0.05, 0) is 25.3 Å². The number of rotatable bonds is 3. The highest BCUT2D eigenvalue weighted by Gasteiger charge is 2.34. The van der Waals surface area contributed by atoms with Crippen LogP contribution >= 0.6 is 0 Å². The highest BCUT2D eigenvalue weighted by atomic mass is 16.2. The van der Waals surface area contributed by atoms with Crippen LogP contribution in [0.15, 0.2) is 21.9 Å². The van der Waals surface area contributed by atoms with Gasteiger partial charge in [-0.1, -0.05) is 20.8 Å². The summed E-state index contributed by atoms with van der Waals surface area (Å²) < 4.78 is 1.53. The van der Waals surface area contributed by atoms with Gasteiger partial charge < -0.3 is 14.9 Å². The van der Waals surface area contributed by atoms with Gasteiger partial charge in [0.2, 0.25) is 5.91 Å². The zero-order valence-electron chi connectivity index (χ0n) is 13.5. The molecule has 0 aliphatic carbocycles. The average Bonchev–Trinajstić information content (AvgIpc) is 2.69. The molecule has 1 amide bonds. The molecular weight excluding hydrogens is 284 g/mol. The Morgan fingerprint density at radius 3 is 2.41 bits per heavy atom. The minimum Gasteiger partial charge on any atom is -0.349 e. The highest BCUT2D eigenvalue weighted by molar-refractivity contribution is 5.80. The third-order valence-corrected chi connectivity index (χ3v) is 4.29. The summed E-state index contributed by atoms with van der Waals surface area (Å²) in [7, 11) is 0. The molecule has 0 saturated carbocycles. The molecule has 0 aliphatic heterocycles. The molecule has 3 N–H and O–H groups in total. The molecule has 2 aromatic rings. The van der Waals surface area contributed by atoms with Gasteiger partial charge >= 0.3 is 5.69 Å². The Bertz CT molecular complexity index is 818. The number of hydrogen-bond acceptors (Lipinski definition) is 3. The van der Waals surface area contributed by atoms with Crippen molar-refractivity contribution in [2.75, 3.05) is 0 Å². The third-order valence-electron chi connectivity index (χ3n) is 4.29. The molecule has 2 rings (SSSR count). The third kappa shape index (κ3) is 2.98. The highest BCUT2D eigenvalue weighted by Crippen LogP contribution is 2.29. The van der Waals surface area contributed by atoms with E-state index in [4.69, 9.17) is 0 Å². The lowest BCUT2D eigenvalue weighted by molar-refractivity contribution is -0.124. The molecule has 0 atom stereocenters. The standard InChI is InChI=1S/C15H22N4O3/c1-14(2,3)15(4,5)18-10(20)8-19-7-6-9-11(19)12(21)17-13(22)16-9/h6-7H,8H2,1-5H3,(H,18,20)(H2,16,17,21,22). The van der Waals surface area contributed by atoms with Gasteiger partial charge in [-0.2, -0.15) is 0 Å². The molecule has 120 valence electrons. The summed E-state index contributed by atoms with van der Waals surface area (Å²) in [5.74, 6) is -0.192. The Hall–Kier alpha value is -2.31. The predicted molar refractivity (Wildman–Crippen MR) is 84.9 cm³/mol. The molecule has 22 heavy (non-hydrogen) atoms. The van der Waals surface area contributed by atoms with Gasteiger partial charge in [0.15, 0.2) is 0 Å². The van der Waals surface area contributed by atoms with E-state index in [1.54, 1.807) is 12.3 Å². The number of nitrogens with zero attached hydrogens (tertiary/aromatic N) is 1. The first-order valence-electron chi connectivity index (χ1n) is 7.14. The van der Waals surface area contributed by atoms with Crippen molar-refractivity contribution in [2.45, 2.75) is 46.7 Å². The molecule has 0 unspecified atom stereocenters. The van der Waals surface area contributed by atoms with Crippen LogP contribution in [0.25, 0.3) is 11.0 Å². The van der Waals surface area contributed by atoms with E-state index in [2.05, 4.69) is 15.3 Å². The van der Waals surface area contributed by atoms with E-state index in [0.717, 1.165) is 0 Å². The van der Waals surface area contributed by atoms with Crippen LogP contribution in [0.2, 0.25) is 0 Å². The molecule has 0 bridgehead atoms. The maximum absolute atomic E-state index is 12.3. The maximum Gasteiger partial charge on any atom is 0.326 e. The van der Waals surface area contributed by atoms with Crippen LogP contribution in [-0.2, 0) is 11.3 Å². The van der Waals surface area contributed by atoms with Crippen LogP contribution in [0.3, 0.4) is 0 Å². The number of amides is 1. The zero-order valence-corrected chi connectivity index (χ0v) is 13.5. The lowest BCUT2D eigenvalue weighted by atomic mass is 9.76. The van der Waals surface area contributed by atoms with Crippen molar-refractivity contribution in [1.29, 1.82) is 0 Å². The van der Waals surface area contributed by atoms with Crippen molar-refractivity contribution in [3.05, 3.63) is 33.1 Å². The van der Waals surface area contributed by atoms with E-state index in [9.17, 15) is 14.4 Å². The first kappa shape index (κ1) is 16.1. The number of aromatic nitrogens is 3. The first-order chi connectivity index (χ1) is 10.0. The number of fused-ring (bicyclic) bond motifs is 1. The summed E-state index contributed by atoms with van der Waals surface area (Å²) in [6.07, 6.45) is 1.61. The van der Waals surface area contributed by atoms with Gasteiger partial charge in [0.25, 0.3) is 5.56 Å². The van der Waals surface area contributed by atoms with E-state index in [1.165, 1.54) is 4.57 Å². The number of carbonyl (C=O) groups excluding carboxylic acids is 1. The van der Waals surface area contributed by atoms with Crippen molar-refractivity contribution in [3.8, 4) is 0 Å². The van der Waals surface area contributed by atoms with Crippen molar-refractivity contribution < 1.29 is 4.79 Å². The van der Waals surface area contributed by atoms with Gasteiger partial charge in [0.05, 0.1) is 5.52 Å². The van der Waals surface area contributed by atoms with E-state index in [1.807, 2.05) is 34.6 Å². The Morgan fingerprint density at radius 1 is 1.18 bits per heavy atom. The summed E-state index contributed by atoms with van der Waals surface area (Å²) in [5.41, 5.74) is -0.877. The molecule has 0 aliphatic rings. The van der Waals surface area contributed by atoms with Crippen LogP contribution in [0, 0.1) is 5.41 Å². The molecule has 7 heteroatoms. The second-order valence-corrected chi connectivity index (χ2v) is 7.04. The molecule has 0 spiro atoms. The molecule has 2 aromatic heterocycles. The number of hydrogen-bond donors (Lipinski definition) is 3. The Balaban J connectivity index is 2.27. The van der Waals surface area contributed by atoms with E-state index in [-0.39, 0.29) is 23.4 Å². The fraction of sp³-hybridized carbons (Fsp3) is 0.533. The zero-order chi connectivity index (χ0) is 16.7. The fourth-order valence-electron chi connectivity index (χ4n) is 2.00. The molecule has 0 fully saturated rings. The van der Waals surface area contributed by atoms with Crippen LogP contribution < -0.4 is 16.6 Å². The van der Waals surface area contributed by atoms with Crippen LogP contribution in [0.1, 0.15) is 34.6 Å². The van der Waals surface area contributed by atoms with Crippen molar-refractivity contribution >= 4 is 16.9 Å². The summed E-state index contributed by atoms with van der Waals surface area (Å²) in [4.78, 5) is 40.1. The summed E-state index contributed by atoms with van der Waals surface area (Å²) in [6.45, 7) is 10.1.